The predicted octanol–water partition coefficient (Wildman–Crippen LogP) is 4.82. The smallest absolute Gasteiger partial charge is 0.0351 e. The van der Waals surface area contributed by atoms with Crippen molar-refractivity contribution in [2.45, 2.75) is 52.5 Å². The zero-order valence-corrected chi connectivity index (χ0v) is 16.9. The van der Waals surface area contributed by atoms with Crippen LogP contribution in [0.25, 0.3) is 0 Å². The lowest BCUT2D eigenvalue weighted by atomic mass is 9.85. The topological polar surface area (TPSA) is 15.3 Å². The van der Waals surface area contributed by atoms with Gasteiger partial charge in [-0.15, -0.1) is 24.8 Å². The van der Waals surface area contributed by atoms with E-state index in [0.29, 0.717) is 6.04 Å². The Morgan fingerprint density at radius 2 is 1.52 bits per heavy atom. The Hall–Kier alpha value is -0.280. The summed E-state index contributed by atoms with van der Waals surface area (Å²) in [6, 6.07) is 9.93. The van der Waals surface area contributed by atoms with Gasteiger partial charge in [-0.1, -0.05) is 58.9 Å². The number of rotatable bonds is 4. The van der Waals surface area contributed by atoms with Crippen molar-refractivity contribution < 1.29 is 0 Å². The van der Waals surface area contributed by atoms with Crippen molar-refractivity contribution in [3.8, 4) is 0 Å². The van der Waals surface area contributed by atoms with E-state index in [1.165, 1.54) is 30.6 Å². The van der Waals surface area contributed by atoms with E-state index in [2.05, 4.69) is 69.1 Å². The molecule has 0 spiro atoms. The molecule has 1 aromatic carbocycles. The molecule has 2 rings (SSSR count). The third-order valence-electron chi connectivity index (χ3n) is 4.45. The summed E-state index contributed by atoms with van der Waals surface area (Å²) < 4.78 is 0. The number of nitrogens with one attached hydrogen (secondary N) is 1. The summed E-state index contributed by atoms with van der Waals surface area (Å²) in [5, 5.41) is 3.46. The molecule has 1 atom stereocenters. The Bertz CT molecular complexity index is 432. The zero-order valence-electron chi connectivity index (χ0n) is 15.3. The molecule has 0 aliphatic carbocycles. The number of nitrogens with zero attached hydrogens (tertiary/aromatic N) is 1. The molecule has 1 fully saturated rings. The van der Waals surface area contributed by atoms with Gasteiger partial charge in [-0.05, 0) is 28.9 Å². The highest BCUT2D eigenvalue weighted by Gasteiger charge is 2.23. The molecular weight excluding hydrogens is 327 g/mol. The van der Waals surface area contributed by atoms with Gasteiger partial charge >= 0.3 is 0 Å². The van der Waals surface area contributed by atoms with Crippen LogP contribution >= 0.6 is 24.8 Å². The molecule has 0 bridgehead atoms. The van der Waals surface area contributed by atoms with Gasteiger partial charge in [0.2, 0.25) is 0 Å². The van der Waals surface area contributed by atoms with Gasteiger partial charge in [0.1, 0.15) is 0 Å². The molecule has 0 aromatic heterocycles. The van der Waals surface area contributed by atoms with E-state index in [1.807, 2.05) is 0 Å². The maximum absolute atomic E-state index is 3.46. The average molecular weight is 361 g/mol. The van der Waals surface area contributed by atoms with Crippen molar-refractivity contribution in [3.05, 3.63) is 35.4 Å². The van der Waals surface area contributed by atoms with Gasteiger partial charge in [-0.3, -0.25) is 4.90 Å². The molecule has 1 aliphatic heterocycles. The molecule has 4 heteroatoms. The highest BCUT2D eigenvalue weighted by atomic mass is 35.5. The van der Waals surface area contributed by atoms with Gasteiger partial charge in [0.15, 0.2) is 0 Å². The van der Waals surface area contributed by atoms with Gasteiger partial charge in [0.25, 0.3) is 0 Å². The van der Waals surface area contributed by atoms with E-state index in [0.717, 1.165) is 19.0 Å². The predicted molar refractivity (Wildman–Crippen MR) is 106 cm³/mol. The molecule has 1 N–H and O–H groups in total. The van der Waals surface area contributed by atoms with Crippen molar-refractivity contribution >= 4 is 24.8 Å². The van der Waals surface area contributed by atoms with E-state index in [1.54, 1.807) is 0 Å². The standard InChI is InChI=1S/C19H32N2.2ClH/c1-15(2)14-18(21-12-10-20-11-13-21)16-6-8-17(9-7-16)19(3,4)5;;/h6-9,15,18,20H,10-14H2,1-5H3;2*1H/t18-;;/m1../s1. The monoisotopic (exact) mass is 360 g/mol. The molecule has 1 aliphatic rings. The van der Waals surface area contributed by atoms with Gasteiger partial charge in [0.05, 0.1) is 0 Å². The maximum Gasteiger partial charge on any atom is 0.0351 e. The van der Waals surface area contributed by atoms with E-state index in [-0.39, 0.29) is 30.2 Å². The second kappa shape index (κ2) is 9.88. The number of hydrogen-bond acceptors (Lipinski definition) is 2. The van der Waals surface area contributed by atoms with Crippen LogP contribution in [0.4, 0.5) is 0 Å². The molecule has 0 radical (unpaired) electrons. The van der Waals surface area contributed by atoms with Crippen molar-refractivity contribution in [1.29, 1.82) is 0 Å². The van der Waals surface area contributed by atoms with Crippen LogP contribution in [0.5, 0.6) is 0 Å². The molecule has 2 nitrogen and oxygen atoms in total. The number of piperazine rings is 1. The maximum atomic E-state index is 3.46. The molecule has 1 aromatic rings. The summed E-state index contributed by atoms with van der Waals surface area (Å²) in [6.45, 7) is 16.1. The Morgan fingerprint density at radius 1 is 1.00 bits per heavy atom. The third kappa shape index (κ3) is 6.62. The molecule has 134 valence electrons. The van der Waals surface area contributed by atoms with Crippen LogP contribution in [-0.2, 0) is 5.41 Å². The van der Waals surface area contributed by atoms with Gasteiger partial charge in [-0.2, -0.15) is 0 Å². The van der Waals surface area contributed by atoms with Crippen molar-refractivity contribution in [2.24, 2.45) is 5.92 Å². The van der Waals surface area contributed by atoms with Crippen LogP contribution in [0.15, 0.2) is 24.3 Å². The zero-order chi connectivity index (χ0) is 15.5. The van der Waals surface area contributed by atoms with Crippen LogP contribution < -0.4 is 5.32 Å². The molecule has 23 heavy (non-hydrogen) atoms. The first-order valence-electron chi connectivity index (χ1n) is 8.43. The summed E-state index contributed by atoms with van der Waals surface area (Å²) in [5.74, 6) is 0.729. The van der Waals surface area contributed by atoms with E-state index < -0.39 is 0 Å². The lowest BCUT2D eigenvalue weighted by Crippen LogP contribution is -2.45. The summed E-state index contributed by atoms with van der Waals surface area (Å²) in [7, 11) is 0. The molecular formula is C19H34Cl2N2. The minimum Gasteiger partial charge on any atom is -0.314 e. The van der Waals surface area contributed by atoms with Crippen molar-refractivity contribution in [3.63, 3.8) is 0 Å². The molecule has 0 saturated carbocycles. The quantitative estimate of drug-likeness (QED) is 0.827. The summed E-state index contributed by atoms with van der Waals surface area (Å²) in [5.41, 5.74) is 3.15. The SMILES string of the molecule is CC(C)C[C@H](c1ccc(C(C)(C)C)cc1)N1CCNCC1.Cl.Cl. The molecule has 0 amide bonds. The van der Waals surface area contributed by atoms with Crippen LogP contribution in [0.1, 0.15) is 58.2 Å². The minimum atomic E-state index is 0. The molecule has 0 unspecified atom stereocenters. The van der Waals surface area contributed by atoms with Crippen LogP contribution in [0.2, 0.25) is 0 Å². The fraction of sp³-hybridized carbons (Fsp3) is 0.684. The Labute approximate surface area is 155 Å². The third-order valence-corrected chi connectivity index (χ3v) is 4.45. The fourth-order valence-electron chi connectivity index (χ4n) is 3.14. The highest BCUT2D eigenvalue weighted by molar-refractivity contribution is 5.85. The van der Waals surface area contributed by atoms with Gasteiger partial charge in [-0.25, -0.2) is 0 Å². The largest absolute Gasteiger partial charge is 0.314 e. The average Bonchev–Trinajstić information content (AvgIpc) is 2.45. The number of benzene rings is 1. The van der Waals surface area contributed by atoms with Crippen molar-refractivity contribution in [1.82, 2.24) is 10.2 Å². The first kappa shape index (κ1) is 22.7. The first-order chi connectivity index (χ1) is 9.88. The van der Waals surface area contributed by atoms with E-state index in [4.69, 9.17) is 0 Å². The van der Waals surface area contributed by atoms with E-state index >= 15 is 0 Å². The minimum absolute atomic E-state index is 0. The van der Waals surface area contributed by atoms with Crippen molar-refractivity contribution in [2.75, 3.05) is 26.2 Å². The van der Waals surface area contributed by atoms with Gasteiger partial charge < -0.3 is 5.32 Å². The summed E-state index contributed by atoms with van der Waals surface area (Å²) in [4.78, 5) is 2.66. The number of hydrogen-bond donors (Lipinski definition) is 1. The summed E-state index contributed by atoms with van der Waals surface area (Å²) in [6.07, 6.45) is 1.24. The van der Waals surface area contributed by atoms with Crippen LogP contribution in [0, 0.1) is 5.92 Å². The van der Waals surface area contributed by atoms with Gasteiger partial charge in [0, 0.05) is 32.2 Å². The Balaban J connectivity index is 0.00000242. The highest BCUT2D eigenvalue weighted by Crippen LogP contribution is 2.30. The first-order valence-corrected chi connectivity index (χ1v) is 8.43. The lowest BCUT2D eigenvalue weighted by Gasteiger charge is -2.36. The lowest BCUT2D eigenvalue weighted by molar-refractivity contribution is 0.154. The molecule has 1 heterocycles. The van der Waals surface area contributed by atoms with Crippen LogP contribution in [0.3, 0.4) is 0 Å². The summed E-state index contributed by atoms with van der Waals surface area (Å²) >= 11 is 0. The number of halogens is 2. The van der Waals surface area contributed by atoms with E-state index in [9.17, 15) is 0 Å². The normalized spacial score (nSPS) is 17.3. The van der Waals surface area contributed by atoms with Crippen LogP contribution in [-0.4, -0.2) is 31.1 Å². The second-order valence-corrected chi connectivity index (χ2v) is 7.80. The fourth-order valence-corrected chi connectivity index (χ4v) is 3.14. The Kier molecular flexibility index (Phi) is 9.76. The molecule has 1 saturated heterocycles. The second-order valence-electron chi connectivity index (χ2n) is 7.80. The Morgan fingerprint density at radius 3 is 1.96 bits per heavy atom.